The summed E-state index contributed by atoms with van der Waals surface area (Å²) in [5.41, 5.74) is 0.803. The summed E-state index contributed by atoms with van der Waals surface area (Å²) in [5.74, 6) is 0.761. The number of urea groups is 1. The third kappa shape index (κ3) is 4.07. The van der Waals surface area contributed by atoms with Crippen molar-refractivity contribution in [1.82, 2.24) is 19.8 Å². The molecule has 7 nitrogen and oxygen atoms in total. The van der Waals surface area contributed by atoms with Gasteiger partial charge in [-0.15, -0.1) is 0 Å². The summed E-state index contributed by atoms with van der Waals surface area (Å²) >= 11 is 0. The normalized spacial score (nSPS) is 18.6. The molecule has 2 aliphatic rings. The molecule has 2 saturated heterocycles. The summed E-state index contributed by atoms with van der Waals surface area (Å²) in [7, 11) is 1.64. The Hall–Kier alpha value is -2.57. The Morgan fingerprint density at radius 3 is 2.56 bits per heavy atom. The average Bonchev–Trinajstić information content (AvgIpc) is 2.74. The molecule has 4 rings (SSSR count). The van der Waals surface area contributed by atoms with Crippen molar-refractivity contribution in [2.24, 2.45) is 0 Å². The van der Waals surface area contributed by atoms with Gasteiger partial charge in [0.25, 0.3) is 0 Å². The molecule has 0 atom stereocenters. The quantitative estimate of drug-likeness (QED) is 0.831. The molecule has 0 N–H and O–H groups in total. The van der Waals surface area contributed by atoms with Crippen molar-refractivity contribution in [2.75, 3.05) is 33.3 Å². The average molecular weight is 370 g/mol. The number of carbonyl (C=O) groups excluding carboxylic acids is 1. The molecular weight excluding hydrogens is 344 g/mol. The zero-order valence-electron chi connectivity index (χ0n) is 15.8. The van der Waals surface area contributed by atoms with Gasteiger partial charge in [0.05, 0.1) is 12.6 Å². The highest BCUT2D eigenvalue weighted by molar-refractivity contribution is 5.79. The first-order valence-electron chi connectivity index (χ1n) is 9.74. The minimum absolute atomic E-state index is 0.0402. The van der Waals surface area contributed by atoms with Crippen LogP contribution in [0.25, 0.3) is 10.9 Å². The Morgan fingerprint density at radius 1 is 1.07 bits per heavy atom. The summed E-state index contributed by atoms with van der Waals surface area (Å²) in [6, 6.07) is 6.27. The Bertz CT molecular complexity index is 799. The first-order chi connectivity index (χ1) is 13.2. The first-order valence-corrected chi connectivity index (χ1v) is 9.74. The summed E-state index contributed by atoms with van der Waals surface area (Å²) in [6.07, 6.45) is 6.89. The topological polar surface area (TPSA) is 67.8 Å². The maximum Gasteiger partial charge on any atom is 0.320 e. The number of hydrogen-bond acceptors (Lipinski definition) is 5. The van der Waals surface area contributed by atoms with E-state index in [-0.39, 0.29) is 12.1 Å². The molecule has 0 spiro atoms. The van der Waals surface area contributed by atoms with Gasteiger partial charge in [-0.2, -0.15) is 4.98 Å². The van der Waals surface area contributed by atoms with Crippen LogP contribution >= 0.6 is 0 Å². The Labute approximate surface area is 159 Å². The van der Waals surface area contributed by atoms with Crippen molar-refractivity contribution in [3.8, 4) is 11.8 Å². The SMILES string of the molecule is COc1ccc2cnc(OC3CCN(C(=O)N4CCCCC4)CC3)nc2c1. The smallest absolute Gasteiger partial charge is 0.320 e. The van der Waals surface area contributed by atoms with Gasteiger partial charge in [0.15, 0.2) is 0 Å². The second-order valence-corrected chi connectivity index (χ2v) is 7.21. The molecule has 0 unspecified atom stereocenters. The lowest BCUT2D eigenvalue weighted by molar-refractivity contribution is 0.0864. The fraction of sp³-hybridized carbons (Fsp3) is 0.550. The van der Waals surface area contributed by atoms with Gasteiger partial charge in [0, 0.05) is 56.7 Å². The second-order valence-electron chi connectivity index (χ2n) is 7.21. The third-order valence-corrected chi connectivity index (χ3v) is 5.38. The van der Waals surface area contributed by atoms with Crippen LogP contribution in [-0.4, -0.2) is 65.2 Å². The van der Waals surface area contributed by atoms with Crippen LogP contribution in [0.3, 0.4) is 0 Å². The Kier molecular flexibility index (Phi) is 5.27. The molecule has 0 radical (unpaired) electrons. The summed E-state index contributed by atoms with van der Waals surface area (Å²) in [6.45, 7) is 3.23. The van der Waals surface area contributed by atoms with E-state index in [0.717, 1.165) is 68.5 Å². The number of hydrogen-bond donors (Lipinski definition) is 0. The highest BCUT2D eigenvalue weighted by Crippen LogP contribution is 2.22. The Balaban J connectivity index is 1.34. The number of amides is 2. The van der Waals surface area contributed by atoms with Gasteiger partial charge in [-0.05, 0) is 31.4 Å². The second kappa shape index (κ2) is 7.98. The van der Waals surface area contributed by atoms with E-state index >= 15 is 0 Å². The zero-order valence-corrected chi connectivity index (χ0v) is 15.8. The molecule has 144 valence electrons. The van der Waals surface area contributed by atoms with E-state index in [4.69, 9.17) is 9.47 Å². The number of carbonyl (C=O) groups is 1. The van der Waals surface area contributed by atoms with Crippen molar-refractivity contribution in [2.45, 2.75) is 38.2 Å². The highest BCUT2D eigenvalue weighted by atomic mass is 16.5. The number of rotatable bonds is 3. The molecule has 1 aromatic carbocycles. The zero-order chi connectivity index (χ0) is 18.6. The standard InChI is InChI=1S/C20H26N4O3/c1-26-17-6-5-15-14-21-19(22-18(15)13-17)27-16-7-11-24(12-8-16)20(25)23-9-3-2-4-10-23/h5-6,13-14,16H,2-4,7-12H2,1H3. The van der Waals surface area contributed by atoms with Crippen LogP contribution in [0.5, 0.6) is 11.8 Å². The number of ether oxygens (including phenoxy) is 2. The molecule has 2 fully saturated rings. The number of likely N-dealkylation sites (tertiary alicyclic amines) is 2. The lowest BCUT2D eigenvalue weighted by Gasteiger charge is -2.36. The van der Waals surface area contributed by atoms with Gasteiger partial charge >= 0.3 is 12.0 Å². The van der Waals surface area contributed by atoms with Crippen LogP contribution in [0.4, 0.5) is 4.79 Å². The molecular formula is C20H26N4O3. The molecule has 7 heteroatoms. The van der Waals surface area contributed by atoms with E-state index in [2.05, 4.69) is 9.97 Å². The first kappa shape index (κ1) is 17.8. The number of fused-ring (bicyclic) bond motifs is 1. The predicted molar refractivity (Wildman–Crippen MR) is 102 cm³/mol. The minimum atomic E-state index is 0.0402. The van der Waals surface area contributed by atoms with Crippen LogP contribution in [-0.2, 0) is 0 Å². The maximum atomic E-state index is 12.6. The molecule has 1 aromatic heterocycles. The molecule has 2 amide bonds. The van der Waals surface area contributed by atoms with Crippen LogP contribution in [0, 0.1) is 0 Å². The van der Waals surface area contributed by atoms with Crippen molar-refractivity contribution < 1.29 is 14.3 Å². The highest BCUT2D eigenvalue weighted by Gasteiger charge is 2.28. The number of benzene rings is 1. The maximum absolute atomic E-state index is 12.6. The lowest BCUT2D eigenvalue weighted by atomic mass is 10.1. The van der Waals surface area contributed by atoms with Gasteiger partial charge in [-0.3, -0.25) is 0 Å². The monoisotopic (exact) mass is 370 g/mol. The minimum Gasteiger partial charge on any atom is -0.497 e. The van der Waals surface area contributed by atoms with E-state index in [1.807, 2.05) is 28.0 Å². The summed E-state index contributed by atoms with van der Waals surface area (Å²) in [4.78, 5) is 25.4. The largest absolute Gasteiger partial charge is 0.497 e. The van der Waals surface area contributed by atoms with E-state index in [9.17, 15) is 4.79 Å². The molecule has 2 aliphatic heterocycles. The fourth-order valence-electron chi connectivity index (χ4n) is 3.77. The Morgan fingerprint density at radius 2 is 1.81 bits per heavy atom. The van der Waals surface area contributed by atoms with Crippen LogP contribution in [0.2, 0.25) is 0 Å². The number of methoxy groups -OCH3 is 1. The molecule has 0 aliphatic carbocycles. The number of piperidine rings is 2. The number of nitrogens with zero attached hydrogens (tertiary/aromatic N) is 4. The van der Waals surface area contributed by atoms with Crippen molar-refractivity contribution in [1.29, 1.82) is 0 Å². The molecule has 0 saturated carbocycles. The molecule has 3 heterocycles. The number of aromatic nitrogens is 2. The van der Waals surface area contributed by atoms with Crippen LogP contribution in [0.15, 0.2) is 24.4 Å². The molecule has 2 aromatic rings. The molecule has 0 bridgehead atoms. The van der Waals surface area contributed by atoms with Crippen molar-refractivity contribution >= 4 is 16.9 Å². The van der Waals surface area contributed by atoms with Crippen LogP contribution < -0.4 is 9.47 Å². The van der Waals surface area contributed by atoms with Gasteiger partial charge in [0.1, 0.15) is 11.9 Å². The predicted octanol–water partition coefficient (Wildman–Crippen LogP) is 3.09. The fourth-order valence-corrected chi connectivity index (χ4v) is 3.77. The van der Waals surface area contributed by atoms with E-state index < -0.39 is 0 Å². The molecule has 27 heavy (non-hydrogen) atoms. The lowest BCUT2D eigenvalue weighted by Crippen LogP contribution is -2.49. The van der Waals surface area contributed by atoms with Gasteiger partial charge in [-0.25, -0.2) is 9.78 Å². The van der Waals surface area contributed by atoms with Gasteiger partial charge < -0.3 is 19.3 Å². The van der Waals surface area contributed by atoms with Crippen molar-refractivity contribution in [3.05, 3.63) is 24.4 Å². The van der Waals surface area contributed by atoms with E-state index in [1.165, 1.54) is 6.42 Å². The van der Waals surface area contributed by atoms with E-state index in [1.54, 1.807) is 13.3 Å². The summed E-state index contributed by atoms with van der Waals surface area (Å²) < 4.78 is 11.2. The van der Waals surface area contributed by atoms with Crippen LogP contribution in [0.1, 0.15) is 32.1 Å². The summed E-state index contributed by atoms with van der Waals surface area (Å²) in [5, 5.41) is 0.949. The van der Waals surface area contributed by atoms with E-state index in [0.29, 0.717) is 6.01 Å². The third-order valence-electron chi connectivity index (χ3n) is 5.38. The van der Waals surface area contributed by atoms with Gasteiger partial charge in [-0.1, -0.05) is 0 Å². The van der Waals surface area contributed by atoms with Crippen molar-refractivity contribution in [3.63, 3.8) is 0 Å². The van der Waals surface area contributed by atoms with Gasteiger partial charge in [0.2, 0.25) is 0 Å².